The van der Waals surface area contributed by atoms with Crippen molar-refractivity contribution in [3.63, 3.8) is 0 Å². The molecule has 1 unspecified atom stereocenters. The highest BCUT2D eigenvalue weighted by molar-refractivity contribution is 5.96. The Kier molecular flexibility index (Phi) is 7.10. The average molecular weight is 444 g/mol. The van der Waals surface area contributed by atoms with E-state index < -0.39 is 12.1 Å². The number of carbonyl (C=O) groups is 1. The summed E-state index contributed by atoms with van der Waals surface area (Å²) in [5.41, 5.74) is 4.49. The van der Waals surface area contributed by atoms with Crippen molar-refractivity contribution in [3.8, 4) is 17.0 Å². The fourth-order valence-electron chi connectivity index (χ4n) is 4.16. The van der Waals surface area contributed by atoms with Gasteiger partial charge in [0.05, 0.1) is 6.54 Å². The summed E-state index contributed by atoms with van der Waals surface area (Å²) < 4.78 is 13.6. The summed E-state index contributed by atoms with van der Waals surface area (Å²) in [6.45, 7) is 5.54. The Morgan fingerprint density at radius 1 is 0.970 bits per heavy atom. The van der Waals surface area contributed by atoms with Crippen LogP contribution in [0.25, 0.3) is 22.0 Å². The van der Waals surface area contributed by atoms with E-state index in [2.05, 4.69) is 66.1 Å². The van der Waals surface area contributed by atoms with Crippen LogP contribution in [0.15, 0.2) is 78.9 Å². The lowest BCUT2D eigenvalue weighted by atomic mass is 10.0. The van der Waals surface area contributed by atoms with E-state index in [0.717, 1.165) is 17.9 Å². The first-order valence-electron chi connectivity index (χ1n) is 11.3. The topological polar surface area (TPSA) is 60.7 Å². The van der Waals surface area contributed by atoms with Crippen molar-refractivity contribution in [3.05, 3.63) is 90.1 Å². The van der Waals surface area contributed by atoms with E-state index in [9.17, 15) is 9.90 Å². The Balaban J connectivity index is 1.43. The number of benzene rings is 3. The van der Waals surface area contributed by atoms with Crippen LogP contribution < -0.4 is 4.74 Å². The van der Waals surface area contributed by atoms with Gasteiger partial charge in [-0.05, 0) is 54.4 Å². The van der Waals surface area contributed by atoms with E-state index in [0.29, 0.717) is 19.6 Å². The van der Waals surface area contributed by atoms with Crippen molar-refractivity contribution in [2.24, 2.45) is 0 Å². The number of hydrogen-bond acceptors (Lipinski definition) is 3. The highest BCUT2D eigenvalue weighted by atomic mass is 16.5. The summed E-state index contributed by atoms with van der Waals surface area (Å²) in [6, 6.07) is 26.7. The van der Waals surface area contributed by atoms with Crippen LogP contribution in [0.2, 0.25) is 0 Å². The lowest BCUT2D eigenvalue weighted by Gasteiger charge is -2.15. The number of aliphatic carboxylic acids is 1. The quantitative estimate of drug-likeness (QED) is 0.340. The molecule has 4 aromatic rings. The Bertz CT molecular complexity index is 1220. The molecular weight excluding hydrogens is 414 g/mol. The molecule has 0 radical (unpaired) electrons. The standard InChI is InChI=1S/C28H29NO4/c1-3-32-27(28(30)31)19-21-12-14-23(15-13-21)33-18-17-29-20(2)11-16-26(29)25-10-6-8-22-7-4-5-9-24(22)25/h4-16,27H,3,17-19H2,1-2H3,(H,30,31). The number of carboxylic acids is 1. The number of nitrogens with zero attached hydrogens (tertiary/aromatic N) is 1. The molecular formula is C28H29NO4. The van der Waals surface area contributed by atoms with Crippen LogP contribution in [-0.4, -0.2) is 35.0 Å². The van der Waals surface area contributed by atoms with E-state index in [-0.39, 0.29) is 0 Å². The number of ether oxygens (including phenoxy) is 2. The Labute approximate surface area is 194 Å². The minimum absolute atomic E-state index is 0.334. The number of carboxylic acid groups (broad SMARTS) is 1. The van der Waals surface area contributed by atoms with Crippen molar-refractivity contribution >= 4 is 16.7 Å². The lowest BCUT2D eigenvalue weighted by Crippen LogP contribution is -2.26. The number of aryl methyl sites for hydroxylation is 1. The SMILES string of the molecule is CCOC(Cc1ccc(OCCn2c(C)ccc2-c2cccc3ccccc23)cc1)C(=O)O. The van der Waals surface area contributed by atoms with Gasteiger partial charge in [-0.2, -0.15) is 0 Å². The molecule has 1 atom stereocenters. The van der Waals surface area contributed by atoms with Crippen molar-refractivity contribution in [1.29, 1.82) is 0 Å². The molecule has 0 bridgehead atoms. The van der Waals surface area contributed by atoms with Crippen molar-refractivity contribution < 1.29 is 19.4 Å². The molecule has 4 rings (SSSR count). The van der Waals surface area contributed by atoms with Gasteiger partial charge in [-0.15, -0.1) is 0 Å². The first kappa shape index (κ1) is 22.6. The van der Waals surface area contributed by atoms with Crippen LogP contribution in [0, 0.1) is 6.92 Å². The van der Waals surface area contributed by atoms with Gasteiger partial charge in [0, 0.05) is 30.0 Å². The smallest absolute Gasteiger partial charge is 0.333 e. The monoisotopic (exact) mass is 443 g/mol. The van der Waals surface area contributed by atoms with Crippen LogP contribution in [0.3, 0.4) is 0 Å². The third-order valence-corrected chi connectivity index (χ3v) is 5.84. The second-order valence-electron chi connectivity index (χ2n) is 8.02. The molecule has 3 aromatic carbocycles. The fraction of sp³-hybridized carbons (Fsp3) is 0.250. The largest absolute Gasteiger partial charge is 0.492 e. The maximum Gasteiger partial charge on any atom is 0.333 e. The van der Waals surface area contributed by atoms with Gasteiger partial charge >= 0.3 is 5.97 Å². The summed E-state index contributed by atoms with van der Waals surface area (Å²) in [5.74, 6) is -0.181. The van der Waals surface area contributed by atoms with E-state index >= 15 is 0 Å². The highest BCUT2D eigenvalue weighted by Crippen LogP contribution is 2.30. The number of hydrogen-bond donors (Lipinski definition) is 1. The summed E-state index contributed by atoms with van der Waals surface area (Å²) in [6.07, 6.45) is -0.494. The number of fused-ring (bicyclic) bond motifs is 1. The van der Waals surface area contributed by atoms with Gasteiger partial charge in [-0.1, -0.05) is 54.6 Å². The van der Waals surface area contributed by atoms with Crippen LogP contribution in [0.5, 0.6) is 5.75 Å². The van der Waals surface area contributed by atoms with E-state index in [1.54, 1.807) is 6.92 Å². The molecule has 0 aliphatic rings. The minimum Gasteiger partial charge on any atom is -0.492 e. The molecule has 1 N–H and O–H groups in total. The molecule has 1 heterocycles. The zero-order chi connectivity index (χ0) is 23.2. The molecule has 33 heavy (non-hydrogen) atoms. The molecule has 0 fully saturated rings. The molecule has 0 saturated heterocycles. The number of rotatable bonds is 10. The normalized spacial score (nSPS) is 12.1. The third kappa shape index (κ3) is 5.26. The molecule has 0 saturated carbocycles. The van der Waals surface area contributed by atoms with Crippen LogP contribution in [-0.2, 0) is 22.5 Å². The van der Waals surface area contributed by atoms with Gasteiger partial charge in [0.15, 0.2) is 6.10 Å². The van der Waals surface area contributed by atoms with Gasteiger partial charge in [-0.25, -0.2) is 4.79 Å². The molecule has 0 amide bonds. The Hall–Kier alpha value is -3.57. The van der Waals surface area contributed by atoms with Crippen molar-refractivity contribution in [1.82, 2.24) is 4.57 Å². The predicted octanol–water partition coefficient (Wildman–Crippen LogP) is 5.73. The van der Waals surface area contributed by atoms with Crippen LogP contribution in [0.4, 0.5) is 0 Å². The molecule has 0 spiro atoms. The van der Waals surface area contributed by atoms with Gasteiger partial charge in [0.25, 0.3) is 0 Å². The number of aromatic nitrogens is 1. The molecule has 0 aliphatic heterocycles. The Morgan fingerprint density at radius 3 is 2.48 bits per heavy atom. The summed E-state index contributed by atoms with van der Waals surface area (Å²) >= 11 is 0. The summed E-state index contributed by atoms with van der Waals surface area (Å²) in [4.78, 5) is 11.3. The molecule has 1 aromatic heterocycles. The van der Waals surface area contributed by atoms with E-state index in [4.69, 9.17) is 9.47 Å². The van der Waals surface area contributed by atoms with Gasteiger partial charge in [0.2, 0.25) is 0 Å². The average Bonchev–Trinajstić information content (AvgIpc) is 3.19. The van der Waals surface area contributed by atoms with E-state index in [1.165, 1.54) is 27.7 Å². The zero-order valence-electron chi connectivity index (χ0n) is 19.0. The molecule has 170 valence electrons. The maximum atomic E-state index is 11.3. The van der Waals surface area contributed by atoms with Gasteiger partial charge in [0.1, 0.15) is 12.4 Å². The first-order chi connectivity index (χ1) is 16.1. The van der Waals surface area contributed by atoms with Crippen molar-refractivity contribution in [2.45, 2.75) is 32.9 Å². The maximum absolute atomic E-state index is 11.3. The summed E-state index contributed by atoms with van der Waals surface area (Å²) in [5, 5.41) is 11.7. The van der Waals surface area contributed by atoms with Gasteiger partial charge in [-0.3, -0.25) is 0 Å². The predicted molar refractivity (Wildman–Crippen MR) is 131 cm³/mol. The van der Waals surface area contributed by atoms with Crippen LogP contribution in [0.1, 0.15) is 18.2 Å². The Morgan fingerprint density at radius 2 is 1.73 bits per heavy atom. The fourth-order valence-corrected chi connectivity index (χ4v) is 4.16. The zero-order valence-corrected chi connectivity index (χ0v) is 19.0. The second kappa shape index (κ2) is 10.4. The van der Waals surface area contributed by atoms with E-state index in [1.807, 2.05) is 24.3 Å². The summed E-state index contributed by atoms with van der Waals surface area (Å²) in [7, 11) is 0. The second-order valence-corrected chi connectivity index (χ2v) is 8.02. The molecule has 5 nitrogen and oxygen atoms in total. The lowest BCUT2D eigenvalue weighted by molar-refractivity contribution is -0.149. The highest BCUT2D eigenvalue weighted by Gasteiger charge is 2.18. The van der Waals surface area contributed by atoms with Crippen molar-refractivity contribution in [2.75, 3.05) is 13.2 Å². The molecule has 0 aliphatic carbocycles. The van der Waals surface area contributed by atoms with Gasteiger partial charge < -0.3 is 19.1 Å². The molecule has 5 heteroatoms. The first-order valence-corrected chi connectivity index (χ1v) is 11.3. The minimum atomic E-state index is -0.943. The third-order valence-electron chi connectivity index (χ3n) is 5.84. The van der Waals surface area contributed by atoms with Crippen LogP contribution >= 0.6 is 0 Å².